The van der Waals surface area contributed by atoms with Crippen molar-refractivity contribution in [2.75, 3.05) is 6.61 Å². The first-order valence-corrected chi connectivity index (χ1v) is 4.08. The van der Waals surface area contributed by atoms with Crippen LogP contribution in [0.2, 0.25) is 0 Å². The van der Waals surface area contributed by atoms with E-state index in [1.54, 1.807) is 6.20 Å². The van der Waals surface area contributed by atoms with E-state index in [0.29, 0.717) is 9.45 Å². The van der Waals surface area contributed by atoms with Gasteiger partial charge in [0.15, 0.2) is 6.61 Å². The molecule has 0 aliphatic rings. The molecule has 0 bridgehead atoms. The summed E-state index contributed by atoms with van der Waals surface area (Å²) in [6.45, 7) is -0.382. The SMILES string of the molecule is O=C(O)COc1ncncc1I. The van der Waals surface area contributed by atoms with Gasteiger partial charge in [-0.2, -0.15) is 0 Å². The number of nitrogens with zero attached hydrogens (tertiary/aromatic N) is 2. The second kappa shape index (κ2) is 4.19. The van der Waals surface area contributed by atoms with E-state index in [1.165, 1.54) is 6.33 Å². The van der Waals surface area contributed by atoms with Crippen LogP contribution in [0.4, 0.5) is 0 Å². The van der Waals surface area contributed by atoms with Crippen molar-refractivity contribution in [2.45, 2.75) is 0 Å². The van der Waals surface area contributed by atoms with Gasteiger partial charge >= 0.3 is 5.97 Å². The number of halogens is 1. The highest BCUT2D eigenvalue weighted by atomic mass is 127. The topological polar surface area (TPSA) is 72.3 Å². The van der Waals surface area contributed by atoms with E-state index < -0.39 is 5.97 Å². The molecule has 1 aromatic rings. The zero-order chi connectivity index (χ0) is 8.97. The van der Waals surface area contributed by atoms with Gasteiger partial charge in [0.2, 0.25) is 5.88 Å². The number of ether oxygens (including phenoxy) is 1. The van der Waals surface area contributed by atoms with E-state index in [2.05, 4.69) is 9.97 Å². The van der Waals surface area contributed by atoms with Gasteiger partial charge in [-0.25, -0.2) is 14.8 Å². The van der Waals surface area contributed by atoms with Crippen LogP contribution in [-0.2, 0) is 4.79 Å². The molecule has 0 saturated carbocycles. The van der Waals surface area contributed by atoms with E-state index in [9.17, 15) is 4.79 Å². The van der Waals surface area contributed by atoms with Gasteiger partial charge in [0.1, 0.15) is 6.33 Å². The Morgan fingerprint density at radius 3 is 3.08 bits per heavy atom. The normalized spacial score (nSPS) is 9.42. The fraction of sp³-hybridized carbons (Fsp3) is 0.167. The van der Waals surface area contributed by atoms with Crippen molar-refractivity contribution in [1.82, 2.24) is 9.97 Å². The maximum Gasteiger partial charge on any atom is 0.341 e. The number of carboxylic acids is 1. The molecule has 0 amide bonds. The minimum atomic E-state index is -1.02. The standard InChI is InChI=1S/C6H5IN2O3/c7-4-1-8-3-9-6(4)12-2-5(10)11/h1,3H,2H2,(H,10,11). The van der Waals surface area contributed by atoms with Crippen LogP contribution in [0.3, 0.4) is 0 Å². The molecule has 1 heterocycles. The minimum absolute atomic E-state index is 0.299. The Bertz CT molecular complexity index is 292. The fourth-order valence-corrected chi connectivity index (χ4v) is 0.994. The molecule has 12 heavy (non-hydrogen) atoms. The monoisotopic (exact) mass is 280 g/mol. The van der Waals surface area contributed by atoms with Gasteiger partial charge in [0.25, 0.3) is 0 Å². The summed E-state index contributed by atoms with van der Waals surface area (Å²) in [6, 6.07) is 0. The second-order valence-corrected chi connectivity index (χ2v) is 3.02. The maximum absolute atomic E-state index is 10.1. The molecule has 0 aromatic carbocycles. The summed E-state index contributed by atoms with van der Waals surface area (Å²) in [7, 11) is 0. The lowest BCUT2D eigenvalue weighted by atomic mass is 10.6. The molecule has 64 valence electrons. The molecule has 1 aromatic heterocycles. The summed E-state index contributed by atoms with van der Waals surface area (Å²) >= 11 is 1.96. The van der Waals surface area contributed by atoms with Crippen molar-refractivity contribution in [3.8, 4) is 5.88 Å². The second-order valence-electron chi connectivity index (χ2n) is 1.86. The Balaban J connectivity index is 2.63. The third-order valence-electron chi connectivity index (χ3n) is 0.966. The molecule has 0 saturated heterocycles. The quantitative estimate of drug-likeness (QED) is 0.818. The van der Waals surface area contributed by atoms with Crippen LogP contribution >= 0.6 is 22.6 Å². The van der Waals surface area contributed by atoms with Gasteiger partial charge in [-0.05, 0) is 22.6 Å². The highest BCUT2D eigenvalue weighted by Gasteiger charge is 2.03. The lowest BCUT2D eigenvalue weighted by Crippen LogP contribution is -2.11. The van der Waals surface area contributed by atoms with Gasteiger partial charge in [-0.15, -0.1) is 0 Å². The molecule has 0 unspecified atom stereocenters. The maximum atomic E-state index is 10.1. The first kappa shape index (κ1) is 9.17. The summed E-state index contributed by atoms with van der Waals surface area (Å²) in [5, 5.41) is 8.29. The first-order valence-electron chi connectivity index (χ1n) is 3.00. The van der Waals surface area contributed by atoms with E-state index in [0.717, 1.165) is 0 Å². The Morgan fingerprint density at radius 1 is 1.75 bits per heavy atom. The van der Waals surface area contributed by atoms with Crippen molar-refractivity contribution in [3.05, 3.63) is 16.1 Å². The molecular formula is C6H5IN2O3. The Labute approximate surface area is 81.9 Å². The number of hydrogen-bond acceptors (Lipinski definition) is 4. The van der Waals surface area contributed by atoms with Gasteiger partial charge < -0.3 is 9.84 Å². The molecule has 0 aliphatic carbocycles. The molecule has 1 rings (SSSR count). The van der Waals surface area contributed by atoms with Crippen molar-refractivity contribution in [1.29, 1.82) is 0 Å². The molecule has 1 N–H and O–H groups in total. The van der Waals surface area contributed by atoms with Gasteiger partial charge in [-0.3, -0.25) is 0 Å². The van der Waals surface area contributed by atoms with Crippen molar-refractivity contribution >= 4 is 28.6 Å². The van der Waals surface area contributed by atoms with Gasteiger partial charge in [-0.1, -0.05) is 0 Å². The number of hydrogen-bond donors (Lipinski definition) is 1. The van der Waals surface area contributed by atoms with Crippen LogP contribution in [0.25, 0.3) is 0 Å². The molecule has 5 nitrogen and oxygen atoms in total. The molecule has 0 spiro atoms. The summed E-state index contributed by atoms with van der Waals surface area (Å²) < 4.78 is 5.53. The van der Waals surface area contributed by atoms with Crippen LogP contribution in [0, 0.1) is 3.57 Å². The molecule has 0 aliphatic heterocycles. The summed E-state index contributed by atoms with van der Waals surface area (Å²) in [5.41, 5.74) is 0. The number of aliphatic carboxylic acids is 1. The highest BCUT2D eigenvalue weighted by Crippen LogP contribution is 2.14. The third-order valence-corrected chi connectivity index (χ3v) is 1.71. The van der Waals surface area contributed by atoms with Gasteiger partial charge in [0.05, 0.1) is 3.57 Å². The van der Waals surface area contributed by atoms with Crippen LogP contribution < -0.4 is 4.74 Å². The number of carbonyl (C=O) groups is 1. The number of carboxylic acid groups (broad SMARTS) is 1. The lowest BCUT2D eigenvalue weighted by molar-refractivity contribution is -0.139. The van der Waals surface area contributed by atoms with E-state index in [-0.39, 0.29) is 6.61 Å². The zero-order valence-corrected chi connectivity index (χ0v) is 8.06. The van der Waals surface area contributed by atoms with Crippen LogP contribution in [0.5, 0.6) is 5.88 Å². The Hall–Kier alpha value is -0.920. The predicted molar refractivity (Wildman–Crippen MR) is 47.9 cm³/mol. The highest BCUT2D eigenvalue weighted by molar-refractivity contribution is 14.1. The average Bonchev–Trinajstić information content (AvgIpc) is 2.03. The zero-order valence-electron chi connectivity index (χ0n) is 5.90. The van der Waals surface area contributed by atoms with Crippen LogP contribution in [0.15, 0.2) is 12.5 Å². The van der Waals surface area contributed by atoms with Crippen molar-refractivity contribution in [2.24, 2.45) is 0 Å². The van der Waals surface area contributed by atoms with Crippen LogP contribution in [-0.4, -0.2) is 27.7 Å². The molecule has 6 heteroatoms. The summed E-state index contributed by atoms with van der Waals surface area (Å²) in [6.07, 6.45) is 2.85. The van der Waals surface area contributed by atoms with Crippen molar-refractivity contribution < 1.29 is 14.6 Å². The van der Waals surface area contributed by atoms with Crippen molar-refractivity contribution in [3.63, 3.8) is 0 Å². The third kappa shape index (κ3) is 2.61. The Kier molecular flexibility index (Phi) is 3.20. The predicted octanol–water partition coefficient (Wildman–Crippen LogP) is 0.545. The molecule has 0 radical (unpaired) electrons. The van der Waals surface area contributed by atoms with E-state index in [4.69, 9.17) is 9.84 Å². The minimum Gasteiger partial charge on any atom is -0.479 e. The number of rotatable bonds is 3. The molecular weight excluding hydrogens is 275 g/mol. The first-order chi connectivity index (χ1) is 5.70. The lowest BCUT2D eigenvalue weighted by Gasteiger charge is -2.01. The number of aromatic nitrogens is 2. The Morgan fingerprint density at radius 2 is 2.50 bits per heavy atom. The fourth-order valence-electron chi connectivity index (χ4n) is 0.538. The summed E-state index contributed by atoms with van der Waals surface area (Å²) in [5.74, 6) is -0.725. The van der Waals surface area contributed by atoms with Gasteiger partial charge in [0, 0.05) is 6.20 Å². The largest absolute Gasteiger partial charge is 0.479 e. The van der Waals surface area contributed by atoms with E-state index >= 15 is 0 Å². The summed E-state index contributed by atoms with van der Waals surface area (Å²) in [4.78, 5) is 17.6. The smallest absolute Gasteiger partial charge is 0.341 e. The molecule has 0 atom stereocenters. The molecule has 0 fully saturated rings. The van der Waals surface area contributed by atoms with Crippen LogP contribution in [0.1, 0.15) is 0 Å². The van der Waals surface area contributed by atoms with E-state index in [1.807, 2.05) is 22.6 Å². The average molecular weight is 280 g/mol.